The smallest absolute Gasteiger partial charge is 0.243 e. The molecule has 0 aromatic heterocycles. The fourth-order valence-electron chi connectivity index (χ4n) is 1.48. The Bertz CT molecular complexity index is 482. The van der Waals surface area contributed by atoms with Crippen molar-refractivity contribution in [3.05, 3.63) is 18.2 Å². The summed E-state index contributed by atoms with van der Waals surface area (Å²) >= 11 is 0. The van der Waals surface area contributed by atoms with Crippen LogP contribution in [0.15, 0.2) is 18.2 Å². The van der Waals surface area contributed by atoms with E-state index in [1.165, 1.54) is 7.11 Å². The summed E-state index contributed by atoms with van der Waals surface area (Å²) in [5.41, 5.74) is 5.67. The first-order chi connectivity index (χ1) is 9.60. The SMILES string of the molecule is CCOc1ccc(NC(=O)CNC(=O)CN)cc1OC.Cl. The van der Waals surface area contributed by atoms with Crippen molar-refractivity contribution in [1.29, 1.82) is 0 Å². The molecule has 0 unspecified atom stereocenters. The van der Waals surface area contributed by atoms with Crippen LogP contribution in [0.1, 0.15) is 6.92 Å². The number of hydrogen-bond donors (Lipinski definition) is 3. The number of amides is 2. The largest absolute Gasteiger partial charge is 0.493 e. The number of hydrogen-bond acceptors (Lipinski definition) is 5. The van der Waals surface area contributed by atoms with E-state index in [4.69, 9.17) is 15.2 Å². The van der Waals surface area contributed by atoms with Crippen LogP contribution in [0.2, 0.25) is 0 Å². The number of benzene rings is 1. The van der Waals surface area contributed by atoms with Gasteiger partial charge in [-0.05, 0) is 19.1 Å². The van der Waals surface area contributed by atoms with Crippen LogP contribution < -0.4 is 25.8 Å². The molecule has 0 heterocycles. The Morgan fingerprint density at radius 1 is 1.24 bits per heavy atom. The number of carbonyl (C=O) groups is 2. The average Bonchev–Trinajstić information content (AvgIpc) is 2.46. The molecule has 1 aromatic rings. The predicted molar refractivity (Wildman–Crippen MR) is 82.1 cm³/mol. The van der Waals surface area contributed by atoms with Gasteiger partial charge in [-0.25, -0.2) is 0 Å². The van der Waals surface area contributed by atoms with E-state index in [1.807, 2.05) is 6.92 Å². The van der Waals surface area contributed by atoms with E-state index in [2.05, 4.69) is 10.6 Å². The van der Waals surface area contributed by atoms with Gasteiger partial charge in [-0.1, -0.05) is 0 Å². The summed E-state index contributed by atoms with van der Waals surface area (Å²) in [6, 6.07) is 5.04. The lowest BCUT2D eigenvalue weighted by Gasteiger charge is -2.12. The topological polar surface area (TPSA) is 103 Å². The lowest BCUT2D eigenvalue weighted by molar-refractivity contribution is -0.123. The quantitative estimate of drug-likeness (QED) is 0.680. The molecule has 0 radical (unpaired) electrons. The molecule has 8 heteroatoms. The molecule has 0 bridgehead atoms. The molecule has 1 rings (SSSR count). The zero-order chi connectivity index (χ0) is 15.0. The Kier molecular flexibility index (Phi) is 8.91. The molecule has 0 aliphatic rings. The fourth-order valence-corrected chi connectivity index (χ4v) is 1.48. The normalized spacial score (nSPS) is 9.29. The molecule has 21 heavy (non-hydrogen) atoms. The predicted octanol–water partition coefficient (Wildman–Crippen LogP) is 0.529. The van der Waals surface area contributed by atoms with Gasteiger partial charge in [0.25, 0.3) is 0 Å². The molecule has 0 saturated heterocycles. The van der Waals surface area contributed by atoms with E-state index in [0.717, 1.165) is 0 Å². The van der Waals surface area contributed by atoms with Crippen molar-refractivity contribution in [3.63, 3.8) is 0 Å². The molecule has 7 nitrogen and oxygen atoms in total. The second kappa shape index (κ2) is 9.84. The van der Waals surface area contributed by atoms with Crippen LogP contribution in [0.5, 0.6) is 11.5 Å². The Morgan fingerprint density at radius 3 is 2.52 bits per heavy atom. The lowest BCUT2D eigenvalue weighted by atomic mass is 10.2. The number of methoxy groups -OCH3 is 1. The molecule has 0 aliphatic carbocycles. The summed E-state index contributed by atoms with van der Waals surface area (Å²) in [6.07, 6.45) is 0. The Hall–Kier alpha value is -1.99. The summed E-state index contributed by atoms with van der Waals surface area (Å²) in [7, 11) is 1.52. The van der Waals surface area contributed by atoms with E-state index < -0.39 is 0 Å². The van der Waals surface area contributed by atoms with Crippen molar-refractivity contribution in [3.8, 4) is 11.5 Å². The van der Waals surface area contributed by atoms with Gasteiger partial charge in [-0.3, -0.25) is 9.59 Å². The number of rotatable bonds is 7. The van der Waals surface area contributed by atoms with E-state index in [-0.39, 0.29) is 37.3 Å². The van der Waals surface area contributed by atoms with Gasteiger partial charge >= 0.3 is 0 Å². The number of ether oxygens (including phenoxy) is 2. The minimum Gasteiger partial charge on any atom is -0.493 e. The second-order valence-electron chi connectivity index (χ2n) is 3.83. The highest BCUT2D eigenvalue weighted by Crippen LogP contribution is 2.30. The van der Waals surface area contributed by atoms with Gasteiger partial charge in [-0.2, -0.15) is 0 Å². The first-order valence-electron chi connectivity index (χ1n) is 6.18. The summed E-state index contributed by atoms with van der Waals surface area (Å²) < 4.78 is 10.5. The molecular weight excluding hydrogens is 298 g/mol. The zero-order valence-corrected chi connectivity index (χ0v) is 12.8. The molecule has 0 aliphatic heterocycles. The number of carbonyl (C=O) groups excluding carboxylic acids is 2. The van der Waals surface area contributed by atoms with Gasteiger partial charge in [0.15, 0.2) is 11.5 Å². The van der Waals surface area contributed by atoms with Gasteiger partial charge in [-0.15, -0.1) is 12.4 Å². The number of nitrogens with one attached hydrogen (secondary N) is 2. The molecule has 2 amide bonds. The fraction of sp³-hybridized carbons (Fsp3) is 0.385. The molecule has 1 aromatic carbocycles. The monoisotopic (exact) mass is 317 g/mol. The van der Waals surface area contributed by atoms with Gasteiger partial charge in [0.05, 0.1) is 26.8 Å². The minimum absolute atomic E-state index is 0. The average molecular weight is 318 g/mol. The summed E-state index contributed by atoms with van der Waals surface area (Å²) in [4.78, 5) is 22.5. The van der Waals surface area contributed by atoms with Gasteiger partial charge in [0.1, 0.15) is 0 Å². The number of nitrogens with two attached hydrogens (primary N) is 1. The van der Waals surface area contributed by atoms with E-state index >= 15 is 0 Å². The van der Waals surface area contributed by atoms with Crippen LogP contribution in [0.25, 0.3) is 0 Å². The lowest BCUT2D eigenvalue weighted by Crippen LogP contribution is -2.36. The summed E-state index contributed by atoms with van der Waals surface area (Å²) in [6.45, 7) is 2.11. The highest BCUT2D eigenvalue weighted by molar-refractivity contribution is 5.95. The van der Waals surface area contributed by atoms with Crippen molar-refractivity contribution >= 4 is 29.9 Å². The molecule has 4 N–H and O–H groups in total. The third kappa shape index (κ3) is 6.33. The van der Waals surface area contributed by atoms with E-state index in [9.17, 15) is 9.59 Å². The first kappa shape index (κ1) is 19.0. The van der Waals surface area contributed by atoms with Crippen molar-refractivity contribution in [2.24, 2.45) is 5.73 Å². The summed E-state index contributed by atoms with van der Waals surface area (Å²) in [5, 5.41) is 5.02. The Balaban J connectivity index is 0.00000400. The molecule has 0 saturated carbocycles. The zero-order valence-electron chi connectivity index (χ0n) is 12.0. The maximum Gasteiger partial charge on any atom is 0.243 e. The van der Waals surface area contributed by atoms with Crippen LogP contribution >= 0.6 is 12.4 Å². The third-order valence-corrected chi connectivity index (χ3v) is 2.38. The van der Waals surface area contributed by atoms with Crippen molar-refractivity contribution in [1.82, 2.24) is 5.32 Å². The molecular formula is C13H20ClN3O4. The Morgan fingerprint density at radius 2 is 1.95 bits per heavy atom. The van der Waals surface area contributed by atoms with Crippen LogP contribution in [0, 0.1) is 0 Å². The van der Waals surface area contributed by atoms with Crippen molar-refractivity contribution < 1.29 is 19.1 Å². The molecule has 118 valence electrons. The standard InChI is InChI=1S/C13H19N3O4.ClH/c1-3-20-10-5-4-9(6-11(10)19-2)16-13(18)8-15-12(17)7-14;/h4-6H,3,7-8,14H2,1-2H3,(H,15,17)(H,16,18);1H. The molecule has 0 spiro atoms. The highest BCUT2D eigenvalue weighted by Gasteiger charge is 2.08. The minimum atomic E-state index is -0.385. The summed E-state index contributed by atoms with van der Waals surface area (Å²) in [5.74, 6) is 0.391. The number of anilines is 1. The highest BCUT2D eigenvalue weighted by atomic mass is 35.5. The number of halogens is 1. The van der Waals surface area contributed by atoms with Crippen LogP contribution in [0.4, 0.5) is 5.69 Å². The second-order valence-corrected chi connectivity index (χ2v) is 3.83. The van der Waals surface area contributed by atoms with Crippen LogP contribution in [0.3, 0.4) is 0 Å². The van der Waals surface area contributed by atoms with Crippen molar-refractivity contribution in [2.75, 3.05) is 32.1 Å². The van der Waals surface area contributed by atoms with Gasteiger partial charge in [0, 0.05) is 11.8 Å². The van der Waals surface area contributed by atoms with Gasteiger partial charge < -0.3 is 25.8 Å². The van der Waals surface area contributed by atoms with E-state index in [0.29, 0.717) is 23.8 Å². The maximum absolute atomic E-state index is 11.6. The maximum atomic E-state index is 11.6. The molecule has 0 fully saturated rings. The Labute approximate surface area is 129 Å². The van der Waals surface area contributed by atoms with Crippen LogP contribution in [-0.4, -0.2) is 38.6 Å². The van der Waals surface area contributed by atoms with Gasteiger partial charge in [0.2, 0.25) is 11.8 Å². The van der Waals surface area contributed by atoms with E-state index in [1.54, 1.807) is 18.2 Å². The van der Waals surface area contributed by atoms with Crippen LogP contribution in [-0.2, 0) is 9.59 Å². The third-order valence-electron chi connectivity index (χ3n) is 2.38. The van der Waals surface area contributed by atoms with Crippen molar-refractivity contribution in [2.45, 2.75) is 6.92 Å². The molecule has 0 atom stereocenters. The first-order valence-corrected chi connectivity index (χ1v) is 6.18.